The SMILES string of the molecule is CC1C(c2ccc3ccccc3c2)=CCN1C. The minimum absolute atomic E-state index is 0.524. The minimum atomic E-state index is 0.524. The highest BCUT2D eigenvalue weighted by atomic mass is 15.1. The maximum absolute atomic E-state index is 2.37. The van der Waals surface area contributed by atoms with E-state index in [1.54, 1.807) is 0 Å². The molecule has 1 unspecified atom stereocenters. The molecule has 1 aliphatic rings. The fraction of sp³-hybridized carbons (Fsp3) is 0.250. The fourth-order valence-corrected chi connectivity index (χ4v) is 2.54. The van der Waals surface area contributed by atoms with E-state index < -0.39 is 0 Å². The highest BCUT2D eigenvalue weighted by molar-refractivity contribution is 5.87. The van der Waals surface area contributed by atoms with Gasteiger partial charge in [-0.3, -0.25) is 4.90 Å². The van der Waals surface area contributed by atoms with Crippen LogP contribution in [0.25, 0.3) is 16.3 Å². The maximum Gasteiger partial charge on any atom is 0.0323 e. The molecule has 17 heavy (non-hydrogen) atoms. The van der Waals surface area contributed by atoms with E-state index in [9.17, 15) is 0 Å². The fourth-order valence-electron chi connectivity index (χ4n) is 2.54. The average molecular weight is 223 g/mol. The van der Waals surface area contributed by atoms with Gasteiger partial charge < -0.3 is 0 Å². The molecule has 2 aromatic carbocycles. The van der Waals surface area contributed by atoms with E-state index >= 15 is 0 Å². The van der Waals surface area contributed by atoms with Crippen LogP contribution in [0.4, 0.5) is 0 Å². The van der Waals surface area contributed by atoms with Gasteiger partial charge in [0, 0.05) is 12.6 Å². The molecule has 0 spiro atoms. The van der Waals surface area contributed by atoms with Crippen molar-refractivity contribution < 1.29 is 0 Å². The highest BCUT2D eigenvalue weighted by Gasteiger charge is 2.20. The van der Waals surface area contributed by atoms with E-state index in [1.165, 1.54) is 21.9 Å². The van der Waals surface area contributed by atoms with Crippen LogP contribution in [0, 0.1) is 0 Å². The summed E-state index contributed by atoms with van der Waals surface area (Å²) in [4.78, 5) is 2.37. The predicted octanol–water partition coefficient (Wildman–Crippen LogP) is 3.56. The van der Waals surface area contributed by atoms with Crippen LogP contribution in [-0.4, -0.2) is 24.5 Å². The Bertz CT molecular complexity index is 583. The molecule has 0 N–H and O–H groups in total. The summed E-state index contributed by atoms with van der Waals surface area (Å²) in [5.74, 6) is 0. The second-order valence-corrected chi connectivity index (χ2v) is 4.84. The Balaban J connectivity index is 2.07. The smallest absolute Gasteiger partial charge is 0.0323 e. The quantitative estimate of drug-likeness (QED) is 0.714. The second kappa shape index (κ2) is 4.01. The van der Waals surface area contributed by atoms with Gasteiger partial charge in [-0.2, -0.15) is 0 Å². The molecule has 86 valence electrons. The van der Waals surface area contributed by atoms with Crippen molar-refractivity contribution in [3.8, 4) is 0 Å². The van der Waals surface area contributed by atoms with Crippen molar-refractivity contribution in [1.82, 2.24) is 4.90 Å². The van der Waals surface area contributed by atoms with Crippen LogP contribution in [0.3, 0.4) is 0 Å². The summed E-state index contributed by atoms with van der Waals surface area (Å²) < 4.78 is 0. The molecule has 3 rings (SSSR count). The van der Waals surface area contributed by atoms with Crippen molar-refractivity contribution in [2.24, 2.45) is 0 Å². The zero-order chi connectivity index (χ0) is 11.8. The van der Waals surface area contributed by atoms with Gasteiger partial charge in [0.2, 0.25) is 0 Å². The van der Waals surface area contributed by atoms with Crippen LogP contribution >= 0.6 is 0 Å². The Hall–Kier alpha value is -1.60. The zero-order valence-corrected chi connectivity index (χ0v) is 10.4. The minimum Gasteiger partial charge on any atom is -0.296 e. The summed E-state index contributed by atoms with van der Waals surface area (Å²) in [6, 6.07) is 15.8. The maximum atomic E-state index is 2.37. The molecule has 0 saturated carbocycles. The van der Waals surface area contributed by atoms with Gasteiger partial charge in [0.15, 0.2) is 0 Å². The monoisotopic (exact) mass is 223 g/mol. The summed E-state index contributed by atoms with van der Waals surface area (Å²) >= 11 is 0. The van der Waals surface area contributed by atoms with E-state index in [1.807, 2.05) is 0 Å². The summed E-state index contributed by atoms with van der Waals surface area (Å²) in [5, 5.41) is 2.64. The first-order chi connectivity index (χ1) is 8.25. The number of nitrogens with zero attached hydrogens (tertiary/aromatic N) is 1. The standard InChI is InChI=1S/C16H17N/c1-12-16(9-10-17(12)2)15-8-7-13-5-3-4-6-14(13)11-15/h3-9,11-12H,10H2,1-2H3. The average Bonchev–Trinajstić information content (AvgIpc) is 2.70. The second-order valence-electron chi connectivity index (χ2n) is 4.84. The summed E-state index contributed by atoms with van der Waals surface area (Å²) in [6.45, 7) is 3.33. The summed E-state index contributed by atoms with van der Waals surface area (Å²) in [5.41, 5.74) is 2.82. The van der Waals surface area contributed by atoms with Crippen molar-refractivity contribution in [3.63, 3.8) is 0 Å². The van der Waals surface area contributed by atoms with Gasteiger partial charge in [-0.1, -0.05) is 42.5 Å². The van der Waals surface area contributed by atoms with Crippen LogP contribution in [0.1, 0.15) is 12.5 Å². The number of rotatable bonds is 1. The first-order valence-corrected chi connectivity index (χ1v) is 6.15. The van der Waals surface area contributed by atoms with Crippen molar-refractivity contribution in [3.05, 3.63) is 54.1 Å². The Kier molecular flexibility index (Phi) is 2.49. The molecule has 0 aliphatic carbocycles. The third kappa shape index (κ3) is 1.77. The molecule has 1 atom stereocenters. The number of likely N-dealkylation sites (N-methyl/N-ethyl adjacent to an activating group) is 1. The molecular formula is C16H17N. The van der Waals surface area contributed by atoms with Crippen LogP contribution in [-0.2, 0) is 0 Å². The van der Waals surface area contributed by atoms with Crippen LogP contribution in [0.2, 0.25) is 0 Å². The van der Waals surface area contributed by atoms with Crippen LogP contribution in [0.15, 0.2) is 48.5 Å². The molecule has 2 aromatic rings. The molecule has 0 aromatic heterocycles. The van der Waals surface area contributed by atoms with E-state index in [0.717, 1.165) is 6.54 Å². The van der Waals surface area contributed by atoms with E-state index in [0.29, 0.717) is 6.04 Å². The molecule has 1 heterocycles. The zero-order valence-electron chi connectivity index (χ0n) is 10.4. The molecule has 0 saturated heterocycles. The Morgan fingerprint density at radius 3 is 2.53 bits per heavy atom. The van der Waals surface area contributed by atoms with Gasteiger partial charge in [-0.25, -0.2) is 0 Å². The molecule has 0 bridgehead atoms. The van der Waals surface area contributed by atoms with Crippen molar-refractivity contribution in [2.45, 2.75) is 13.0 Å². The number of hydrogen-bond donors (Lipinski definition) is 0. The number of benzene rings is 2. The van der Waals surface area contributed by atoms with Gasteiger partial charge in [0.25, 0.3) is 0 Å². The van der Waals surface area contributed by atoms with Crippen LogP contribution < -0.4 is 0 Å². The van der Waals surface area contributed by atoms with Gasteiger partial charge >= 0.3 is 0 Å². The van der Waals surface area contributed by atoms with Gasteiger partial charge in [0.1, 0.15) is 0 Å². The van der Waals surface area contributed by atoms with Crippen LogP contribution in [0.5, 0.6) is 0 Å². The third-order valence-corrected chi connectivity index (χ3v) is 3.79. The lowest BCUT2D eigenvalue weighted by atomic mass is 9.98. The van der Waals surface area contributed by atoms with Crippen molar-refractivity contribution in [1.29, 1.82) is 0 Å². The molecular weight excluding hydrogens is 206 g/mol. The van der Waals surface area contributed by atoms with E-state index in [-0.39, 0.29) is 0 Å². The third-order valence-electron chi connectivity index (χ3n) is 3.79. The first kappa shape index (κ1) is 10.5. The topological polar surface area (TPSA) is 3.24 Å². The lowest BCUT2D eigenvalue weighted by molar-refractivity contribution is 0.357. The first-order valence-electron chi connectivity index (χ1n) is 6.15. The lowest BCUT2D eigenvalue weighted by Crippen LogP contribution is -2.24. The Morgan fingerprint density at radius 1 is 1.06 bits per heavy atom. The molecule has 0 fully saturated rings. The predicted molar refractivity (Wildman–Crippen MR) is 74.0 cm³/mol. The molecule has 0 radical (unpaired) electrons. The number of fused-ring (bicyclic) bond motifs is 1. The Labute approximate surface area is 102 Å². The van der Waals surface area contributed by atoms with E-state index in [2.05, 4.69) is 67.4 Å². The lowest BCUT2D eigenvalue weighted by Gasteiger charge is -2.18. The van der Waals surface area contributed by atoms with E-state index in [4.69, 9.17) is 0 Å². The Morgan fingerprint density at radius 2 is 1.82 bits per heavy atom. The molecule has 1 aliphatic heterocycles. The van der Waals surface area contributed by atoms with Gasteiger partial charge in [0.05, 0.1) is 0 Å². The number of hydrogen-bond acceptors (Lipinski definition) is 1. The van der Waals surface area contributed by atoms with Crippen molar-refractivity contribution >= 4 is 16.3 Å². The molecule has 1 nitrogen and oxygen atoms in total. The highest BCUT2D eigenvalue weighted by Crippen LogP contribution is 2.28. The molecule has 1 heteroatoms. The summed E-state index contributed by atoms with van der Waals surface area (Å²) in [7, 11) is 2.18. The molecule has 0 amide bonds. The summed E-state index contributed by atoms with van der Waals surface area (Å²) in [6.07, 6.45) is 2.34. The largest absolute Gasteiger partial charge is 0.296 e. The van der Waals surface area contributed by atoms with Crippen molar-refractivity contribution in [2.75, 3.05) is 13.6 Å². The van der Waals surface area contributed by atoms with Gasteiger partial charge in [-0.05, 0) is 41.9 Å². The van der Waals surface area contributed by atoms with Gasteiger partial charge in [-0.15, -0.1) is 0 Å². The normalized spacial score (nSPS) is 20.8.